The van der Waals surface area contributed by atoms with Crippen LogP contribution < -0.4 is 10.6 Å². The van der Waals surface area contributed by atoms with Gasteiger partial charge in [-0.05, 0) is 28.8 Å². The molecule has 0 atom stereocenters. The normalized spacial score (nSPS) is 12.7. The molecular weight excluding hydrogens is 308 g/mol. The van der Waals surface area contributed by atoms with E-state index in [4.69, 9.17) is 0 Å². The smallest absolute Gasteiger partial charge is 0.211 e. The summed E-state index contributed by atoms with van der Waals surface area (Å²) < 4.78 is 24.4. The Morgan fingerprint density at radius 1 is 1.43 bits per heavy atom. The Hall–Kier alpha value is -1.12. The van der Waals surface area contributed by atoms with Gasteiger partial charge >= 0.3 is 0 Å². The molecule has 0 fully saturated rings. The van der Waals surface area contributed by atoms with Crippen LogP contribution in [0.4, 0.5) is 0 Å². The number of guanidine groups is 1. The first-order chi connectivity index (χ1) is 9.97. The van der Waals surface area contributed by atoms with Crippen molar-refractivity contribution in [2.75, 3.05) is 32.9 Å². The van der Waals surface area contributed by atoms with Crippen molar-refractivity contribution >= 4 is 27.3 Å². The first-order valence-electron chi connectivity index (χ1n) is 6.88. The molecule has 0 aliphatic rings. The number of thiophene rings is 1. The van der Waals surface area contributed by atoms with Crippen LogP contribution in [0, 0.1) is 0 Å². The van der Waals surface area contributed by atoms with E-state index in [-0.39, 0.29) is 0 Å². The Kier molecular flexibility index (Phi) is 7.69. The second-order valence-electron chi connectivity index (χ2n) is 4.59. The van der Waals surface area contributed by atoms with Crippen LogP contribution >= 0.6 is 11.3 Å². The molecule has 1 aromatic heterocycles. The van der Waals surface area contributed by atoms with Gasteiger partial charge in [-0.1, -0.05) is 6.92 Å². The zero-order chi connectivity index (χ0) is 15.7. The molecule has 0 saturated heterocycles. The van der Waals surface area contributed by atoms with E-state index in [2.05, 4.69) is 27.1 Å². The molecule has 6 nitrogen and oxygen atoms in total. The molecule has 2 N–H and O–H groups in total. The first kappa shape index (κ1) is 17.9. The third-order valence-electron chi connectivity index (χ3n) is 2.96. The predicted molar refractivity (Wildman–Crippen MR) is 89.2 cm³/mol. The van der Waals surface area contributed by atoms with Gasteiger partial charge in [-0.3, -0.25) is 4.99 Å². The summed E-state index contributed by atoms with van der Waals surface area (Å²) in [5.41, 5.74) is 1.22. The van der Waals surface area contributed by atoms with Crippen molar-refractivity contribution < 1.29 is 8.42 Å². The number of nitrogens with zero attached hydrogens (tertiary/aromatic N) is 2. The highest BCUT2D eigenvalue weighted by Gasteiger charge is 2.13. The lowest BCUT2D eigenvalue weighted by atomic mass is 10.3. The molecule has 120 valence electrons. The molecule has 0 bridgehead atoms. The van der Waals surface area contributed by atoms with Crippen molar-refractivity contribution in [2.45, 2.75) is 19.9 Å². The molecule has 0 saturated carbocycles. The SMILES string of the molecule is CCN(CCCNC(=NC)NCc1ccsc1)S(C)(=O)=O. The summed E-state index contributed by atoms with van der Waals surface area (Å²) in [4.78, 5) is 4.14. The van der Waals surface area contributed by atoms with Crippen molar-refractivity contribution in [2.24, 2.45) is 4.99 Å². The maximum Gasteiger partial charge on any atom is 0.211 e. The minimum Gasteiger partial charge on any atom is -0.356 e. The molecule has 21 heavy (non-hydrogen) atoms. The van der Waals surface area contributed by atoms with Crippen LogP contribution in [0.5, 0.6) is 0 Å². The Labute approximate surface area is 131 Å². The van der Waals surface area contributed by atoms with Gasteiger partial charge in [0.15, 0.2) is 5.96 Å². The minimum atomic E-state index is -3.10. The van der Waals surface area contributed by atoms with Gasteiger partial charge in [-0.25, -0.2) is 12.7 Å². The maximum atomic E-state index is 11.5. The Balaban J connectivity index is 2.26. The lowest BCUT2D eigenvalue weighted by Crippen LogP contribution is -2.39. The Morgan fingerprint density at radius 3 is 2.71 bits per heavy atom. The average Bonchev–Trinajstić information content (AvgIpc) is 2.93. The van der Waals surface area contributed by atoms with E-state index in [9.17, 15) is 8.42 Å². The number of aliphatic imine (C=N–C) groups is 1. The van der Waals surface area contributed by atoms with E-state index < -0.39 is 10.0 Å². The zero-order valence-corrected chi connectivity index (χ0v) is 14.4. The largest absolute Gasteiger partial charge is 0.356 e. The summed E-state index contributed by atoms with van der Waals surface area (Å²) in [7, 11) is -1.38. The van der Waals surface area contributed by atoms with Gasteiger partial charge in [0, 0.05) is 33.2 Å². The molecule has 0 unspecified atom stereocenters. The fourth-order valence-corrected chi connectivity index (χ4v) is 3.42. The van der Waals surface area contributed by atoms with Gasteiger partial charge in [0.25, 0.3) is 0 Å². The third kappa shape index (κ3) is 6.92. The molecule has 0 amide bonds. The Morgan fingerprint density at radius 2 is 2.19 bits per heavy atom. The van der Waals surface area contributed by atoms with Crippen molar-refractivity contribution in [1.29, 1.82) is 0 Å². The quantitative estimate of drug-likeness (QED) is 0.424. The van der Waals surface area contributed by atoms with Crippen molar-refractivity contribution in [3.8, 4) is 0 Å². The second-order valence-corrected chi connectivity index (χ2v) is 7.35. The molecule has 1 aromatic rings. The van der Waals surface area contributed by atoms with E-state index in [1.165, 1.54) is 16.1 Å². The summed E-state index contributed by atoms with van der Waals surface area (Å²) in [6.45, 7) is 4.27. The highest BCUT2D eigenvalue weighted by atomic mass is 32.2. The summed E-state index contributed by atoms with van der Waals surface area (Å²) in [5, 5.41) is 10.5. The molecule has 8 heteroatoms. The lowest BCUT2D eigenvalue weighted by Gasteiger charge is -2.18. The summed E-state index contributed by atoms with van der Waals surface area (Å²) in [6.07, 6.45) is 1.98. The number of nitrogens with one attached hydrogen (secondary N) is 2. The maximum absolute atomic E-state index is 11.5. The van der Waals surface area contributed by atoms with Crippen molar-refractivity contribution in [1.82, 2.24) is 14.9 Å². The molecule has 1 heterocycles. The van der Waals surface area contributed by atoms with Crippen LogP contribution in [0.15, 0.2) is 21.8 Å². The first-order valence-corrected chi connectivity index (χ1v) is 9.67. The van der Waals surface area contributed by atoms with E-state index in [1.807, 2.05) is 12.3 Å². The molecular formula is C13H24N4O2S2. The van der Waals surface area contributed by atoms with Gasteiger partial charge in [-0.15, -0.1) is 0 Å². The zero-order valence-electron chi connectivity index (χ0n) is 12.8. The second kappa shape index (κ2) is 9.01. The van der Waals surface area contributed by atoms with Crippen LogP contribution in [0.25, 0.3) is 0 Å². The molecule has 0 spiro atoms. The molecule has 0 aromatic carbocycles. The molecule has 0 radical (unpaired) electrons. The monoisotopic (exact) mass is 332 g/mol. The summed E-state index contributed by atoms with van der Waals surface area (Å²) in [5.74, 6) is 0.726. The fraction of sp³-hybridized carbons (Fsp3) is 0.615. The van der Waals surface area contributed by atoms with E-state index in [1.54, 1.807) is 18.4 Å². The standard InChI is InChI=1S/C13H24N4O2S2/c1-4-17(21(3,18)19)8-5-7-15-13(14-2)16-10-12-6-9-20-11-12/h6,9,11H,4-5,7-8,10H2,1-3H3,(H2,14,15,16). The summed E-state index contributed by atoms with van der Waals surface area (Å²) >= 11 is 1.67. The topological polar surface area (TPSA) is 73.8 Å². The highest BCUT2D eigenvalue weighted by molar-refractivity contribution is 7.88. The van der Waals surface area contributed by atoms with Gasteiger partial charge < -0.3 is 10.6 Å². The Bertz CT molecular complexity index is 526. The van der Waals surface area contributed by atoms with Gasteiger partial charge in [0.2, 0.25) is 10.0 Å². The van der Waals surface area contributed by atoms with Crippen LogP contribution in [-0.2, 0) is 16.6 Å². The minimum absolute atomic E-state index is 0.504. The van der Waals surface area contributed by atoms with Gasteiger partial charge in [0.1, 0.15) is 0 Å². The van der Waals surface area contributed by atoms with E-state index in [0.717, 1.165) is 18.9 Å². The predicted octanol–water partition coefficient (Wildman–Crippen LogP) is 1.08. The number of rotatable bonds is 8. The van der Waals surface area contributed by atoms with E-state index >= 15 is 0 Å². The van der Waals surface area contributed by atoms with Gasteiger partial charge in [0.05, 0.1) is 6.26 Å². The number of hydrogen-bond donors (Lipinski definition) is 2. The average molecular weight is 332 g/mol. The van der Waals surface area contributed by atoms with Crippen LogP contribution in [-0.4, -0.2) is 51.6 Å². The molecule has 0 aliphatic heterocycles. The van der Waals surface area contributed by atoms with Crippen molar-refractivity contribution in [3.05, 3.63) is 22.4 Å². The highest BCUT2D eigenvalue weighted by Crippen LogP contribution is 2.04. The molecule has 0 aliphatic carbocycles. The lowest BCUT2D eigenvalue weighted by molar-refractivity contribution is 0.424. The van der Waals surface area contributed by atoms with Gasteiger partial charge in [-0.2, -0.15) is 11.3 Å². The number of sulfonamides is 1. The van der Waals surface area contributed by atoms with Crippen LogP contribution in [0.2, 0.25) is 0 Å². The van der Waals surface area contributed by atoms with Crippen LogP contribution in [0.3, 0.4) is 0 Å². The third-order valence-corrected chi connectivity index (χ3v) is 5.07. The fourth-order valence-electron chi connectivity index (χ4n) is 1.82. The molecule has 1 rings (SSSR count). The van der Waals surface area contributed by atoms with Crippen molar-refractivity contribution in [3.63, 3.8) is 0 Å². The number of hydrogen-bond acceptors (Lipinski definition) is 4. The summed E-state index contributed by atoms with van der Waals surface area (Å²) in [6, 6.07) is 2.07. The van der Waals surface area contributed by atoms with Crippen LogP contribution in [0.1, 0.15) is 18.9 Å². The van der Waals surface area contributed by atoms with E-state index in [0.29, 0.717) is 19.6 Å².